The third-order valence-electron chi connectivity index (χ3n) is 5.10. The molecule has 0 saturated carbocycles. The molecule has 3 aromatic rings. The Morgan fingerprint density at radius 1 is 0.742 bits per heavy atom. The van der Waals surface area contributed by atoms with Gasteiger partial charge >= 0.3 is 0 Å². The fraction of sp³-hybridized carbons (Fsp3) is 0.250. The zero-order chi connectivity index (χ0) is 21.7. The molecule has 0 spiro atoms. The van der Waals surface area contributed by atoms with E-state index in [0.29, 0.717) is 5.56 Å². The largest absolute Gasteiger partial charge is 0.494 e. The second kappa shape index (κ2) is 12.5. The van der Waals surface area contributed by atoms with E-state index in [4.69, 9.17) is 9.47 Å². The molecule has 3 heteroatoms. The van der Waals surface area contributed by atoms with Gasteiger partial charge in [0, 0.05) is 19.3 Å². The molecule has 0 saturated heterocycles. The standard InChI is InChI=1S/C28H30O3/c1-30-21-7-2-3-8-22-31-27-18-16-25(17-19-27)24-14-11-23(12-15-24)13-20-28(29)26-9-5-4-6-10-26/h4-6,9-20H,2-3,7-8,21-22H2,1H3/b20-13+. The quantitative estimate of drug-likeness (QED) is 0.185. The van der Waals surface area contributed by atoms with Crippen molar-refractivity contribution in [3.05, 3.63) is 96.1 Å². The number of methoxy groups -OCH3 is 1. The minimum atomic E-state index is 0.00948. The maximum Gasteiger partial charge on any atom is 0.185 e. The van der Waals surface area contributed by atoms with E-state index in [1.807, 2.05) is 60.7 Å². The summed E-state index contributed by atoms with van der Waals surface area (Å²) in [5, 5.41) is 0. The lowest BCUT2D eigenvalue weighted by Crippen LogP contribution is -1.97. The highest BCUT2D eigenvalue weighted by Gasteiger charge is 2.01. The number of carbonyl (C=O) groups is 1. The van der Waals surface area contributed by atoms with E-state index in [1.54, 1.807) is 13.2 Å². The number of ether oxygens (including phenoxy) is 2. The highest BCUT2D eigenvalue weighted by molar-refractivity contribution is 6.06. The van der Waals surface area contributed by atoms with Crippen LogP contribution in [-0.4, -0.2) is 26.1 Å². The molecule has 0 fully saturated rings. The Morgan fingerprint density at radius 3 is 2.00 bits per heavy atom. The highest BCUT2D eigenvalue weighted by Crippen LogP contribution is 2.23. The summed E-state index contributed by atoms with van der Waals surface area (Å²) >= 11 is 0. The number of carbonyl (C=O) groups excluding carboxylic acids is 1. The number of hydrogen-bond acceptors (Lipinski definition) is 3. The van der Waals surface area contributed by atoms with Crippen LogP contribution in [0.25, 0.3) is 17.2 Å². The minimum absolute atomic E-state index is 0.00948. The Hall–Kier alpha value is -3.17. The molecule has 0 aliphatic carbocycles. The zero-order valence-electron chi connectivity index (χ0n) is 18.1. The molecule has 0 radical (unpaired) electrons. The molecule has 0 N–H and O–H groups in total. The van der Waals surface area contributed by atoms with Crippen LogP contribution in [0.4, 0.5) is 0 Å². The highest BCUT2D eigenvalue weighted by atomic mass is 16.5. The van der Waals surface area contributed by atoms with Crippen molar-refractivity contribution in [2.24, 2.45) is 0 Å². The van der Waals surface area contributed by atoms with Gasteiger partial charge < -0.3 is 9.47 Å². The van der Waals surface area contributed by atoms with Crippen LogP contribution < -0.4 is 4.74 Å². The van der Waals surface area contributed by atoms with Gasteiger partial charge in [0.25, 0.3) is 0 Å². The second-order valence-corrected chi connectivity index (χ2v) is 7.47. The molecular formula is C28H30O3. The van der Waals surface area contributed by atoms with E-state index in [-0.39, 0.29) is 5.78 Å². The van der Waals surface area contributed by atoms with Crippen LogP contribution in [-0.2, 0) is 4.74 Å². The second-order valence-electron chi connectivity index (χ2n) is 7.47. The summed E-state index contributed by atoms with van der Waals surface area (Å²) in [4.78, 5) is 12.2. The van der Waals surface area contributed by atoms with E-state index in [9.17, 15) is 4.79 Å². The summed E-state index contributed by atoms with van der Waals surface area (Å²) in [5.74, 6) is 0.912. The van der Waals surface area contributed by atoms with Crippen molar-refractivity contribution in [2.75, 3.05) is 20.3 Å². The Bertz CT molecular complexity index is 942. The monoisotopic (exact) mass is 414 g/mol. The van der Waals surface area contributed by atoms with Crippen LogP contribution in [0.15, 0.2) is 84.9 Å². The van der Waals surface area contributed by atoms with Gasteiger partial charge in [-0.1, -0.05) is 79.2 Å². The molecule has 160 valence electrons. The van der Waals surface area contributed by atoms with Crippen LogP contribution >= 0.6 is 0 Å². The summed E-state index contributed by atoms with van der Waals surface area (Å²) < 4.78 is 10.9. The van der Waals surface area contributed by atoms with Gasteiger partial charge in [0.1, 0.15) is 5.75 Å². The first-order valence-corrected chi connectivity index (χ1v) is 10.9. The number of allylic oxidation sites excluding steroid dienone is 1. The fourth-order valence-electron chi connectivity index (χ4n) is 3.29. The Labute approximate surface area is 185 Å². The van der Waals surface area contributed by atoms with Gasteiger partial charge in [-0.2, -0.15) is 0 Å². The average molecular weight is 415 g/mol. The van der Waals surface area contributed by atoms with Gasteiger partial charge in [-0.3, -0.25) is 4.79 Å². The van der Waals surface area contributed by atoms with Crippen molar-refractivity contribution < 1.29 is 14.3 Å². The van der Waals surface area contributed by atoms with Gasteiger partial charge in [-0.15, -0.1) is 0 Å². The molecule has 0 aromatic heterocycles. The van der Waals surface area contributed by atoms with Crippen molar-refractivity contribution in [1.82, 2.24) is 0 Å². The molecular weight excluding hydrogens is 384 g/mol. The Morgan fingerprint density at radius 2 is 1.35 bits per heavy atom. The summed E-state index contributed by atoms with van der Waals surface area (Å²) in [6.45, 7) is 1.58. The van der Waals surface area contributed by atoms with Crippen molar-refractivity contribution in [1.29, 1.82) is 0 Å². The maximum absolute atomic E-state index is 12.2. The van der Waals surface area contributed by atoms with Gasteiger partial charge in [-0.25, -0.2) is 0 Å². The van der Waals surface area contributed by atoms with Crippen molar-refractivity contribution in [3.8, 4) is 16.9 Å². The third-order valence-corrected chi connectivity index (χ3v) is 5.10. The first-order chi connectivity index (χ1) is 15.3. The first kappa shape index (κ1) is 22.5. The lowest BCUT2D eigenvalue weighted by Gasteiger charge is -2.08. The summed E-state index contributed by atoms with van der Waals surface area (Å²) in [7, 11) is 1.74. The maximum atomic E-state index is 12.2. The molecule has 31 heavy (non-hydrogen) atoms. The zero-order valence-corrected chi connectivity index (χ0v) is 18.1. The average Bonchev–Trinajstić information content (AvgIpc) is 2.83. The predicted octanol–water partition coefficient (Wildman–Crippen LogP) is 6.84. The molecule has 0 amide bonds. The van der Waals surface area contributed by atoms with E-state index < -0.39 is 0 Å². The molecule has 0 aliphatic rings. The molecule has 0 bridgehead atoms. The molecule has 3 aromatic carbocycles. The van der Waals surface area contributed by atoms with E-state index >= 15 is 0 Å². The number of ketones is 1. The summed E-state index contributed by atoms with van der Waals surface area (Å²) in [6.07, 6.45) is 8.00. The smallest absolute Gasteiger partial charge is 0.185 e. The van der Waals surface area contributed by atoms with Crippen LogP contribution in [0.2, 0.25) is 0 Å². The molecule has 0 heterocycles. The van der Waals surface area contributed by atoms with E-state index in [0.717, 1.165) is 48.5 Å². The first-order valence-electron chi connectivity index (χ1n) is 10.9. The SMILES string of the molecule is COCCCCCCOc1ccc(-c2ccc(/C=C/C(=O)c3ccccc3)cc2)cc1. The van der Waals surface area contributed by atoms with Gasteiger partial charge in [0.15, 0.2) is 5.78 Å². The molecule has 3 rings (SSSR count). The number of unbranched alkanes of at least 4 members (excludes halogenated alkanes) is 3. The molecule has 3 nitrogen and oxygen atoms in total. The molecule has 0 unspecified atom stereocenters. The van der Waals surface area contributed by atoms with E-state index in [1.165, 1.54) is 12.8 Å². The minimum Gasteiger partial charge on any atom is -0.494 e. The Kier molecular flexibility index (Phi) is 9.08. The number of hydrogen-bond donors (Lipinski definition) is 0. The summed E-state index contributed by atoms with van der Waals surface area (Å²) in [6, 6.07) is 25.7. The lowest BCUT2D eigenvalue weighted by atomic mass is 10.0. The lowest BCUT2D eigenvalue weighted by molar-refractivity contribution is 0.104. The number of benzene rings is 3. The van der Waals surface area contributed by atoms with Crippen LogP contribution in [0.3, 0.4) is 0 Å². The predicted molar refractivity (Wildman–Crippen MR) is 128 cm³/mol. The van der Waals surface area contributed by atoms with Gasteiger partial charge in [0.05, 0.1) is 6.61 Å². The molecule has 0 atom stereocenters. The van der Waals surface area contributed by atoms with Crippen LogP contribution in [0.5, 0.6) is 5.75 Å². The molecule has 0 aliphatic heterocycles. The normalized spacial score (nSPS) is 11.0. The van der Waals surface area contributed by atoms with Gasteiger partial charge in [0.2, 0.25) is 0 Å². The Balaban J connectivity index is 1.48. The third kappa shape index (κ3) is 7.54. The van der Waals surface area contributed by atoms with Crippen LogP contribution in [0.1, 0.15) is 41.6 Å². The van der Waals surface area contributed by atoms with Crippen LogP contribution in [0, 0.1) is 0 Å². The van der Waals surface area contributed by atoms with Crippen molar-refractivity contribution >= 4 is 11.9 Å². The topological polar surface area (TPSA) is 35.5 Å². The van der Waals surface area contributed by atoms with E-state index in [2.05, 4.69) is 24.3 Å². The van der Waals surface area contributed by atoms with Gasteiger partial charge in [-0.05, 0) is 54.2 Å². The number of rotatable bonds is 12. The fourth-order valence-corrected chi connectivity index (χ4v) is 3.29. The van der Waals surface area contributed by atoms with Crippen molar-refractivity contribution in [3.63, 3.8) is 0 Å². The summed E-state index contributed by atoms with van der Waals surface area (Å²) in [5.41, 5.74) is 3.97. The van der Waals surface area contributed by atoms with Crippen molar-refractivity contribution in [2.45, 2.75) is 25.7 Å².